The summed E-state index contributed by atoms with van der Waals surface area (Å²) in [7, 11) is -3.62. The number of carbonyl (C=O) groups excluding carboxylic acids is 2. The molecule has 1 heterocycles. The number of aliphatic hydroxyl groups excluding tert-OH is 1. The average Bonchev–Trinajstić information content (AvgIpc) is 2.90. The van der Waals surface area contributed by atoms with Crippen LogP contribution in [0.3, 0.4) is 0 Å². The normalized spacial score (nSPS) is 18.1. The number of benzene rings is 3. The van der Waals surface area contributed by atoms with Crippen LogP contribution in [0.5, 0.6) is 0 Å². The van der Waals surface area contributed by atoms with E-state index in [0.717, 1.165) is 11.8 Å². The highest BCUT2D eigenvalue weighted by molar-refractivity contribution is 7.88. The Morgan fingerprint density at radius 2 is 1.71 bits per heavy atom. The van der Waals surface area contributed by atoms with E-state index >= 15 is 0 Å². The second kappa shape index (κ2) is 12.1. The molecule has 1 aliphatic rings. The lowest BCUT2D eigenvalue weighted by atomic mass is 9.78. The van der Waals surface area contributed by atoms with E-state index in [1.54, 1.807) is 48.5 Å². The van der Waals surface area contributed by atoms with Crippen LogP contribution in [0.1, 0.15) is 39.0 Å². The summed E-state index contributed by atoms with van der Waals surface area (Å²) in [6.45, 7) is -0.654. The van der Waals surface area contributed by atoms with Crippen molar-refractivity contribution in [3.63, 3.8) is 0 Å². The summed E-state index contributed by atoms with van der Waals surface area (Å²) < 4.78 is 26.0. The van der Waals surface area contributed by atoms with Crippen LogP contribution in [0.25, 0.3) is 0 Å². The van der Waals surface area contributed by atoms with Crippen molar-refractivity contribution in [3.8, 4) is 0 Å². The smallest absolute Gasteiger partial charge is 0.255 e. The van der Waals surface area contributed by atoms with Crippen molar-refractivity contribution in [1.29, 1.82) is 0 Å². The lowest BCUT2D eigenvalue weighted by molar-refractivity contribution is -0.138. The molecular formula is C27H28ClN3O6S. The number of nitrogens with one attached hydrogen (secondary N) is 2. The molecule has 0 saturated heterocycles. The van der Waals surface area contributed by atoms with Crippen molar-refractivity contribution in [3.05, 3.63) is 106 Å². The SMILES string of the molecule is CS(=O)(=O)NC[C@@H](CO)N1C(=O)c2ccccc2C(C(=O)NOCc2ccccc2)C1c1ccc(Cl)cc1. The highest BCUT2D eigenvalue weighted by Crippen LogP contribution is 2.44. The fourth-order valence-electron chi connectivity index (χ4n) is 4.58. The van der Waals surface area contributed by atoms with E-state index < -0.39 is 46.4 Å². The van der Waals surface area contributed by atoms with Crippen LogP contribution >= 0.6 is 11.6 Å². The zero-order chi connectivity index (χ0) is 27.3. The first-order valence-electron chi connectivity index (χ1n) is 11.9. The van der Waals surface area contributed by atoms with Gasteiger partial charge in [0.1, 0.15) is 0 Å². The molecule has 3 atom stereocenters. The number of carbonyl (C=O) groups is 2. The molecule has 9 nitrogen and oxygen atoms in total. The van der Waals surface area contributed by atoms with Gasteiger partial charge in [-0.2, -0.15) is 0 Å². The summed E-state index contributed by atoms with van der Waals surface area (Å²) in [5.41, 5.74) is 4.73. The lowest BCUT2D eigenvalue weighted by Gasteiger charge is -2.45. The third-order valence-corrected chi connectivity index (χ3v) is 7.25. The summed E-state index contributed by atoms with van der Waals surface area (Å²) in [6, 6.07) is 20.9. The molecule has 11 heteroatoms. The minimum absolute atomic E-state index is 0.132. The Labute approximate surface area is 226 Å². The molecule has 200 valence electrons. The summed E-state index contributed by atoms with van der Waals surface area (Å²) in [5, 5.41) is 10.7. The zero-order valence-corrected chi connectivity index (χ0v) is 22.2. The molecule has 2 unspecified atom stereocenters. The topological polar surface area (TPSA) is 125 Å². The molecule has 0 radical (unpaired) electrons. The van der Waals surface area contributed by atoms with Crippen LogP contribution in [0.4, 0.5) is 0 Å². The summed E-state index contributed by atoms with van der Waals surface area (Å²) in [6.07, 6.45) is 0.992. The maximum absolute atomic E-state index is 13.8. The maximum atomic E-state index is 13.8. The Kier molecular flexibility index (Phi) is 8.80. The molecule has 1 aliphatic heterocycles. The first kappa shape index (κ1) is 27.7. The van der Waals surface area contributed by atoms with E-state index in [1.807, 2.05) is 30.3 Å². The molecule has 0 aromatic heterocycles. The molecule has 0 spiro atoms. The van der Waals surface area contributed by atoms with Gasteiger partial charge in [0.05, 0.1) is 37.5 Å². The van der Waals surface area contributed by atoms with Crippen molar-refractivity contribution in [2.45, 2.75) is 24.6 Å². The van der Waals surface area contributed by atoms with Crippen LogP contribution < -0.4 is 10.2 Å². The van der Waals surface area contributed by atoms with Gasteiger partial charge in [0.15, 0.2) is 0 Å². The van der Waals surface area contributed by atoms with Gasteiger partial charge >= 0.3 is 0 Å². The minimum Gasteiger partial charge on any atom is -0.394 e. The number of rotatable bonds is 10. The third-order valence-electron chi connectivity index (χ3n) is 6.31. The van der Waals surface area contributed by atoms with Crippen molar-refractivity contribution in [2.75, 3.05) is 19.4 Å². The Bertz CT molecular complexity index is 1390. The lowest BCUT2D eigenvalue weighted by Crippen LogP contribution is -2.55. The van der Waals surface area contributed by atoms with Crippen LogP contribution in [-0.2, 0) is 26.3 Å². The van der Waals surface area contributed by atoms with Crippen molar-refractivity contribution >= 4 is 33.4 Å². The molecule has 0 bridgehead atoms. The highest BCUT2D eigenvalue weighted by Gasteiger charge is 2.46. The summed E-state index contributed by atoms with van der Waals surface area (Å²) in [5.74, 6) is -1.88. The number of halogens is 1. The molecule has 3 N–H and O–H groups in total. The predicted octanol–water partition coefficient (Wildman–Crippen LogP) is 2.78. The summed E-state index contributed by atoms with van der Waals surface area (Å²) >= 11 is 6.12. The number of amides is 2. The Hall–Kier alpha value is -3.28. The molecule has 0 saturated carbocycles. The average molecular weight is 558 g/mol. The van der Waals surface area contributed by atoms with E-state index in [-0.39, 0.29) is 18.7 Å². The van der Waals surface area contributed by atoms with Crippen molar-refractivity contribution < 1.29 is 28.0 Å². The number of hydrogen-bond donors (Lipinski definition) is 3. The van der Waals surface area contributed by atoms with Gasteiger partial charge in [0, 0.05) is 17.1 Å². The number of hydroxylamine groups is 1. The van der Waals surface area contributed by atoms with E-state index in [1.165, 1.54) is 4.90 Å². The molecule has 4 rings (SSSR count). The second-order valence-corrected chi connectivity index (χ2v) is 11.2. The third kappa shape index (κ3) is 6.40. The van der Waals surface area contributed by atoms with E-state index in [2.05, 4.69) is 10.2 Å². The quantitative estimate of drug-likeness (QED) is 0.329. The fourth-order valence-corrected chi connectivity index (χ4v) is 5.20. The Morgan fingerprint density at radius 1 is 1.05 bits per heavy atom. The Morgan fingerprint density at radius 3 is 2.37 bits per heavy atom. The molecule has 0 aliphatic carbocycles. The first-order valence-corrected chi connectivity index (χ1v) is 14.1. The largest absolute Gasteiger partial charge is 0.394 e. The number of sulfonamides is 1. The number of aliphatic hydroxyl groups is 1. The monoisotopic (exact) mass is 557 g/mol. The fraction of sp³-hybridized carbons (Fsp3) is 0.259. The van der Waals surface area contributed by atoms with Gasteiger partial charge in [0.25, 0.3) is 11.8 Å². The molecule has 0 fully saturated rings. The second-order valence-electron chi connectivity index (χ2n) is 8.97. The molecule has 2 amide bonds. The van der Waals surface area contributed by atoms with E-state index in [0.29, 0.717) is 16.1 Å². The van der Waals surface area contributed by atoms with Crippen molar-refractivity contribution in [1.82, 2.24) is 15.1 Å². The number of hydrogen-bond acceptors (Lipinski definition) is 6. The first-order chi connectivity index (χ1) is 18.2. The minimum atomic E-state index is -3.62. The van der Waals surface area contributed by atoms with Gasteiger partial charge in [-0.3, -0.25) is 14.4 Å². The molecule has 38 heavy (non-hydrogen) atoms. The molecule has 3 aromatic rings. The maximum Gasteiger partial charge on any atom is 0.255 e. The van der Waals surface area contributed by atoms with E-state index in [4.69, 9.17) is 16.4 Å². The Balaban J connectivity index is 1.75. The van der Waals surface area contributed by atoms with Gasteiger partial charge in [0.2, 0.25) is 10.0 Å². The van der Waals surface area contributed by atoms with E-state index in [9.17, 15) is 23.1 Å². The van der Waals surface area contributed by atoms with Crippen LogP contribution in [0, 0.1) is 0 Å². The van der Waals surface area contributed by atoms with Gasteiger partial charge in [-0.25, -0.2) is 18.6 Å². The standard InChI is InChI=1S/C27H28ClN3O6S/c1-38(35,36)29-15-21(16-32)31-25(19-11-13-20(28)14-12-19)24(22-9-5-6-10-23(22)27(31)34)26(33)30-37-17-18-7-3-2-4-8-18/h2-14,21,24-25,29,32H,15-17H2,1H3,(H,30,33)/t21-,24?,25?/m0/s1. The summed E-state index contributed by atoms with van der Waals surface area (Å²) in [4.78, 5) is 34.4. The predicted molar refractivity (Wildman–Crippen MR) is 143 cm³/mol. The van der Waals surface area contributed by atoms with Crippen molar-refractivity contribution in [2.24, 2.45) is 0 Å². The van der Waals surface area contributed by atoms with Crippen LogP contribution in [0.2, 0.25) is 5.02 Å². The molecule has 3 aromatic carbocycles. The van der Waals surface area contributed by atoms with Crippen LogP contribution in [0.15, 0.2) is 78.9 Å². The number of nitrogens with zero attached hydrogens (tertiary/aromatic N) is 1. The van der Waals surface area contributed by atoms with Gasteiger partial charge in [-0.15, -0.1) is 0 Å². The van der Waals surface area contributed by atoms with Crippen LogP contribution in [-0.4, -0.2) is 55.7 Å². The van der Waals surface area contributed by atoms with Gasteiger partial charge in [-0.1, -0.05) is 72.3 Å². The number of fused-ring (bicyclic) bond motifs is 1. The highest BCUT2D eigenvalue weighted by atomic mass is 35.5. The molecular weight excluding hydrogens is 530 g/mol. The zero-order valence-electron chi connectivity index (χ0n) is 20.6. The van der Waals surface area contributed by atoms with Gasteiger partial charge < -0.3 is 10.0 Å². The van der Waals surface area contributed by atoms with Gasteiger partial charge in [-0.05, 0) is 34.9 Å².